The van der Waals surface area contributed by atoms with Crippen molar-refractivity contribution in [3.63, 3.8) is 0 Å². The summed E-state index contributed by atoms with van der Waals surface area (Å²) in [4.78, 5) is 18.9. The Morgan fingerprint density at radius 2 is 1.67 bits per heavy atom. The molecule has 152 valence electrons. The lowest BCUT2D eigenvalue weighted by Crippen LogP contribution is -2.28. The van der Waals surface area contributed by atoms with Crippen LogP contribution in [0.4, 0.5) is 0 Å². The lowest BCUT2D eigenvalue weighted by molar-refractivity contribution is 0.0786. The van der Waals surface area contributed by atoms with Crippen molar-refractivity contribution < 1.29 is 13.7 Å². The van der Waals surface area contributed by atoms with Crippen LogP contribution in [-0.4, -0.2) is 34.5 Å². The molecular weight excluding hydrogens is 378 g/mol. The Kier molecular flexibility index (Phi) is 5.75. The van der Waals surface area contributed by atoms with E-state index in [-0.39, 0.29) is 5.91 Å². The third-order valence-corrected chi connectivity index (χ3v) is 4.91. The highest BCUT2D eigenvalue weighted by molar-refractivity contribution is 5.93. The smallest absolute Gasteiger partial charge is 0.275 e. The highest BCUT2D eigenvalue weighted by Crippen LogP contribution is 2.22. The average Bonchev–Trinajstić information content (AvgIpc) is 3.41. The average molecular weight is 401 g/mol. The van der Waals surface area contributed by atoms with Crippen molar-refractivity contribution in [3.8, 4) is 22.7 Å². The molecule has 30 heavy (non-hydrogen) atoms. The summed E-state index contributed by atoms with van der Waals surface area (Å²) in [6, 6.07) is 21.4. The molecule has 0 radical (unpaired) electrons. The van der Waals surface area contributed by atoms with Crippen molar-refractivity contribution >= 4 is 5.91 Å². The number of nitrogens with zero attached hydrogens (tertiary/aromatic N) is 3. The second-order valence-electron chi connectivity index (χ2n) is 7.16. The highest BCUT2D eigenvalue weighted by Gasteiger charge is 2.21. The predicted octanol–water partition coefficient (Wildman–Crippen LogP) is 5.01. The number of rotatable bonds is 7. The van der Waals surface area contributed by atoms with Gasteiger partial charge < -0.3 is 13.8 Å². The standard InChI is InChI=1S/C24H23N3O3/c1-17-22(25-23(29-17)19-12-7-4-8-13-19)24(28)27(2)15-9-14-20-16-21(26-30-20)18-10-5-3-6-11-18/h3-8,10-13,16H,9,14-15H2,1-2H3. The number of amides is 1. The quantitative estimate of drug-likeness (QED) is 0.435. The molecule has 6 nitrogen and oxygen atoms in total. The molecule has 1 amide bonds. The SMILES string of the molecule is Cc1oc(-c2ccccc2)nc1C(=O)N(C)CCCc1cc(-c2ccccc2)no1. The van der Waals surface area contributed by atoms with E-state index in [1.54, 1.807) is 18.9 Å². The summed E-state index contributed by atoms with van der Waals surface area (Å²) in [5.74, 6) is 1.63. The lowest BCUT2D eigenvalue weighted by atomic mass is 10.1. The van der Waals surface area contributed by atoms with E-state index in [9.17, 15) is 4.79 Å². The summed E-state index contributed by atoms with van der Waals surface area (Å²) in [7, 11) is 1.77. The van der Waals surface area contributed by atoms with Crippen LogP contribution in [0.3, 0.4) is 0 Å². The van der Waals surface area contributed by atoms with Crippen LogP contribution < -0.4 is 0 Å². The molecule has 0 fully saturated rings. The molecule has 0 spiro atoms. The van der Waals surface area contributed by atoms with Crippen molar-refractivity contribution in [2.24, 2.45) is 0 Å². The fourth-order valence-electron chi connectivity index (χ4n) is 3.25. The fourth-order valence-corrected chi connectivity index (χ4v) is 3.25. The van der Waals surface area contributed by atoms with Gasteiger partial charge in [-0.15, -0.1) is 0 Å². The van der Waals surface area contributed by atoms with Gasteiger partial charge in [-0.1, -0.05) is 53.7 Å². The Morgan fingerprint density at radius 1 is 1.00 bits per heavy atom. The maximum Gasteiger partial charge on any atom is 0.275 e. The van der Waals surface area contributed by atoms with Crippen LogP contribution in [0.1, 0.15) is 28.4 Å². The van der Waals surface area contributed by atoms with Gasteiger partial charge in [-0.3, -0.25) is 4.79 Å². The number of benzene rings is 2. The Bertz CT molecular complexity index is 1120. The molecule has 4 aromatic rings. The largest absolute Gasteiger partial charge is 0.441 e. The van der Waals surface area contributed by atoms with Gasteiger partial charge in [0.05, 0.1) is 0 Å². The molecule has 0 unspecified atom stereocenters. The normalized spacial score (nSPS) is 10.9. The first-order chi connectivity index (χ1) is 14.6. The Morgan fingerprint density at radius 3 is 2.37 bits per heavy atom. The molecule has 2 heterocycles. The van der Waals surface area contributed by atoms with Gasteiger partial charge in [0.2, 0.25) is 5.89 Å². The molecule has 2 aromatic heterocycles. The van der Waals surface area contributed by atoms with Crippen LogP contribution in [0.5, 0.6) is 0 Å². The summed E-state index contributed by atoms with van der Waals surface area (Å²) in [6.45, 7) is 2.34. The zero-order valence-corrected chi connectivity index (χ0v) is 17.0. The molecule has 0 saturated heterocycles. The van der Waals surface area contributed by atoms with Crippen LogP contribution in [0, 0.1) is 6.92 Å². The van der Waals surface area contributed by atoms with Crippen LogP contribution >= 0.6 is 0 Å². The van der Waals surface area contributed by atoms with E-state index in [2.05, 4.69) is 10.1 Å². The Hall–Kier alpha value is -3.67. The molecule has 0 aliphatic rings. The first-order valence-electron chi connectivity index (χ1n) is 9.91. The number of carbonyl (C=O) groups is 1. The van der Waals surface area contributed by atoms with Gasteiger partial charge in [0.1, 0.15) is 17.2 Å². The van der Waals surface area contributed by atoms with Gasteiger partial charge in [0, 0.05) is 37.2 Å². The van der Waals surface area contributed by atoms with E-state index < -0.39 is 0 Å². The van der Waals surface area contributed by atoms with Gasteiger partial charge in [-0.05, 0) is 25.5 Å². The zero-order valence-electron chi connectivity index (χ0n) is 17.0. The topological polar surface area (TPSA) is 72.4 Å². The third-order valence-electron chi connectivity index (χ3n) is 4.91. The minimum atomic E-state index is -0.152. The Balaban J connectivity index is 1.35. The van der Waals surface area contributed by atoms with E-state index in [4.69, 9.17) is 8.94 Å². The maximum absolute atomic E-state index is 12.8. The summed E-state index contributed by atoms with van der Waals surface area (Å²) >= 11 is 0. The van der Waals surface area contributed by atoms with E-state index in [0.717, 1.165) is 29.0 Å². The van der Waals surface area contributed by atoms with Crippen molar-refractivity contribution in [2.45, 2.75) is 19.8 Å². The summed E-state index contributed by atoms with van der Waals surface area (Å²) < 4.78 is 11.1. The molecule has 0 saturated carbocycles. The number of carbonyl (C=O) groups excluding carboxylic acids is 1. The van der Waals surface area contributed by atoms with Crippen LogP contribution in [-0.2, 0) is 6.42 Å². The number of aromatic nitrogens is 2. The second-order valence-corrected chi connectivity index (χ2v) is 7.16. The maximum atomic E-state index is 12.8. The summed E-state index contributed by atoms with van der Waals surface area (Å²) in [5.41, 5.74) is 3.04. The number of aryl methyl sites for hydroxylation is 2. The number of hydrogen-bond donors (Lipinski definition) is 0. The van der Waals surface area contributed by atoms with Crippen LogP contribution in [0.25, 0.3) is 22.7 Å². The molecule has 6 heteroatoms. The predicted molar refractivity (Wildman–Crippen MR) is 114 cm³/mol. The second kappa shape index (κ2) is 8.78. The highest BCUT2D eigenvalue weighted by atomic mass is 16.5. The minimum absolute atomic E-state index is 0.152. The number of oxazole rings is 1. The molecule has 0 N–H and O–H groups in total. The fraction of sp³-hybridized carbons (Fsp3) is 0.208. The van der Waals surface area contributed by atoms with Crippen molar-refractivity contribution in [3.05, 3.63) is 83.9 Å². The van der Waals surface area contributed by atoms with E-state index >= 15 is 0 Å². The van der Waals surface area contributed by atoms with Crippen LogP contribution in [0.2, 0.25) is 0 Å². The number of hydrogen-bond acceptors (Lipinski definition) is 5. The summed E-state index contributed by atoms with van der Waals surface area (Å²) in [6.07, 6.45) is 1.46. The molecule has 0 aliphatic carbocycles. The Labute approximate surface area is 175 Å². The van der Waals surface area contributed by atoms with Gasteiger partial charge in [0.25, 0.3) is 5.91 Å². The van der Waals surface area contributed by atoms with E-state index in [0.29, 0.717) is 30.3 Å². The van der Waals surface area contributed by atoms with Gasteiger partial charge >= 0.3 is 0 Å². The first kappa shape index (κ1) is 19.6. The molecule has 0 bridgehead atoms. The molecule has 4 rings (SSSR count). The van der Waals surface area contributed by atoms with Gasteiger partial charge in [-0.25, -0.2) is 4.98 Å². The van der Waals surface area contributed by atoms with Crippen molar-refractivity contribution in [1.82, 2.24) is 15.0 Å². The van der Waals surface area contributed by atoms with Crippen molar-refractivity contribution in [1.29, 1.82) is 0 Å². The lowest BCUT2D eigenvalue weighted by Gasteiger charge is -2.15. The van der Waals surface area contributed by atoms with Crippen LogP contribution in [0.15, 0.2) is 75.7 Å². The van der Waals surface area contributed by atoms with Gasteiger partial charge in [-0.2, -0.15) is 0 Å². The van der Waals surface area contributed by atoms with Crippen molar-refractivity contribution in [2.75, 3.05) is 13.6 Å². The summed E-state index contributed by atoms with van der Waals surface area (Å²) in [5, 5.41) is 4.13. The van der Waals surface area contributed by atoms with E-state index in [1.807, 2.05) is 66.7 Å². The molecular formula is C24H23N3O3. The third kappa shape index (κ3) is 4.33. The monoisotopic (exact) mass is 401 g/mol. The minimum Gasteiger partial charge on any atom is -0.441 e. The zero-order chi connectivity index (χ0) is 20.9. The van der Waals surface area contributed by atoms with E-state index in [1.165, 1.54) is 0 Å². The molecule has 0 aliphatic heterocycles. The first-order valence-corrected chi connectivity index (χ1v) is 9.91. The molecule has 0 atom stereocenters. The van der Waals surface area contributed by atoms with Gasteiger partial charge in [0.15, 0.2) is 5.69 Å². The molecule has 2 aromatic carbocycles.